The van der Waals surface area contributed by atoms with Gasteiger partial charge in [0.25, 0.3) is 0 Å². The first-order valence-electron chi connectivity index (χ1n) is 7.21. The normalized spacial score (nSPS) is 18.0. The van der Waals surface area contributed by atoms with Crippen LogP contribution in [0.4, 0.5) is 0 Å². The lowest BCUT2D eigenvalue weighted by Crippen LogP contribution is -2.24. The second-order valence-electron chi connectivity index (χ2n) is 5.45. The van der Waals surface area contributed by atoms with Crippen molar-refractivity contribution in [3.8, 4) is 5.75 Å². The smallest absolute Gasteiger partial charge is 0.118 e. The summed E-state index contributed by atoms with van der Waals surface area (Å²) < 4.78 is 5.22. The molecule has 2 heteroatoms. The zero-order valence-electron chi connectivity index (χ0n) is 12.1. The number of fused-ring (bicyclic) bond motifs is 1. The molecule has 2 unspecified atom stereocenters. The van der Waals surface area contributed by atoms with Gasteiger partial charge in [-0.05, 0) is 54.6 Å². The maximum Gasteiger partial charge on any atom is 0.118 e. The van der Waals surface area contributed by atoms with E-state index >= 15 is 0 Å². The highest BCUT2D eigenvalue weighted by molar-refractivity contribution is 5.40. The van der Waals surface area contributed by atoms with Gasteiger partial charge in [0.1, 0.15) is 5.75 Å². The summed E-state index contributed by atoms with van der Waals surface area (Å²) >= 11 is 0. The van der Waals surface area contributed by atoms with Gasteiger partial charge in [-0.2, -0.15) is 0 Å². The fraction of sp³-hybridized carbons (Fsp3) is 0.333. The predicted octanol–water partition coefficient (Wildman–Crippen LogP) is 3.69. The minimum atomic E-state index is 0.402. The molecule has 0 bridgehead atoms. The number of ether oxygens (including phenoxy) is 1. The Labute approximate surface area is 120 Å². The van der Waals surface area contributed by atoms with Gasteiger partial charge in [-0.1, -0.05) is 36.4 Å². The highest BCUT2D eigenvalue weighted by atomic mass is 16.5. The molecule has 2 aromatic rings. The van der Waals surface area contributed by atoms with Crippen LogP contribution in [0, 0.1) is 0 Å². The van der Waals surface area contributed by atoms with E-state index in [0.29, 0.717) is 12.0 Å². The number of rotatable bonds is 5. The van der Waals surface area contributed by atoms with Crippen LogP contribution in [0.15, 0.2) is 48.5 Å². The van der Waals surface area contributed by atoms with Crippen molar-refractivity contribution < 1.29 is 4.74 Å². The van der Waals surface area contributed by atoms with E-state index in [1.807, 2.05) is 19.2 Å². The first-order valence-corrected chi connectivity index (χ1v) is 7.21. The minimum Gasteiger partial charge on any atom is -0.497 e. The average molecular weight is 267 g/mol. The third-order valence-electron chi connectivity index (χ3n) is 4.35. The molecule has 1 aliphatic carbocycles. The standard InChI is InChI=1S/C18H21NO/c1-19-18(13-7-9-16(20-2)10-8-13)12-15-11-14-5-3-4-6-17(14)15/h3-10,15,18-19H,11-12H2,1-2H3. The van der Waals surface area contributed by atoms with Crippen molar-refractivity contribution in [2.45, 2.75) is 24.8 Å². The van der Waals surface area contributed by atoms with Crippen molar-refractivity contribution in [3.63, 3.8) is 0 Å². The molecule has 0 aromatic heterocycles. The molecule has 3 rings (SSSR count). The Balaban J connectivity index is 1.72. The quantitative estimate of drug-likeness (QED) is 0.892. The Kier molecular flexibility index (Phi) is 3.75. The summed E-state index contributed by atoms with van der Waals surface area (Å²) in [6.07, 6.45) is 2.37. The first kappa shape index (κ1) is 13.2. The highest BCUT2D eigenvalue weighted by Crippen LogP contribution is 2.40. The monoisotopic (exact) mass is 267 g/mol. The van der Waals surface area contributed by atoms with Crippen LogP contribution in [0.2, 0.25) is 0 Å². The predicted molar refractivity (Wildman–Crippen MR) is 82.3 cm³/mol. The lowest BCUT2D eigenvalue weighted by molar-refractivity contribution is 0.413. The van der Waals surface area contributed by atoms with Crippen molar-refractivity contribution in [1.29, 1.82) is 0 Å². The first-order chi connectivity index (χ1) is 9.81. The largest absolute Gasteiger partial charge is 0.497 e. The van der Waals surface area contributed by atoms with Crippen LogP contribution in [0.1, 0.15) is 35.1 Å². The molecule has 2 atom stereocenters. The van der Waals surface area contributed by atoms with Gasteiger partial charge < -0.3 is 10.1 Å². The Morgan fingerprint density at radius 3 is 2.55 bits per heavy atom. The van der Waals surface area contributed by atoms with Crippen LogP contribution >= 0.6 is 0 Å². The van der Waals surface area contributed by atoms with Gasteiger partial charge in [-0.25, -0.2) is 0 Å². The minimum absolute atomic E-state index is 0.402. The number of benzene rings is 2. The molecule has 20 heavy (non-hydrogen) atoms. The van der Waals surface area contributed by atoms with E-state index in [1.54, 1.807) is 7.11 Å². The molecule has 0 saturated heterocycles. The van der Waals surface area contributed by atoms with Gasteiger partial charge in [0.2, 0.25) is 0 Å². The number of hydrogen-bond donors (Lipinski definition) is 1. The molecule has 1 N–H and O–H groups in total. The summed E-state index contributed by atoms with van der Waals surface area (Å²) in [5.41, 5.74) is 4.38. The van der Waals surface area contributed by atoms with E-state index in [0.717, 1.165) is 12.2 Å². The molecule has 0 spiro atoms. The van der Waals surface area contributed by atoms with Gasteiger partial charge in [0.05, 0.1) is 7.11 Å². The SMILES string of the molecule is CNC(CC1Cc2ccccc21)c1ccc(OC)cc1. The molecule has 2 nitrogen and oxygen atoms in total. The van der Waals surface area contributed by atoms with Crippen LogP contribution in [-0.2, 0) is 6.42 Å². The van der Waals surface area contributed by atoms with Gasteiger partial charge in [-0.3, -0.25) is 0 Å². The van der Waals surface area contributed by atoms with Gasteiger partial charge in [0, 0.05) is 6.04 Å². The molecule has 0 amide bonds. The van der Waals surface area contributed by atoms with E-state index in [1.165, 1.54) is 23.1 Å². The second kappa shape index (κ2) is 5.68. The zero-order chi connectivity index (χ0) is 13.9. The second-order valence-corrected chi connectivity index (χ2v) is 5.45. The van der Waals surface area contributed by atoms with E-state index in [4.69, 9.17) is 4.74 Å². The summed E-state index contributed by atoms with van der Waals surface area (Å²) in [7, 11) is 3.75. The van der Waals surface area contributed by atoms with E-state index < -0.39 is 0 Å². The molecule has 1 aliphatic rings. The van der Waals surface area contributed by atoms with Crippen LogP contribution in [0.3, 0.4) is 0 Å². The molecular formula is C18H21NO. The summed E-state index contributed by atoms with van der Waals surface area (Å²) in [5.74, 6) is 1.60. The van der Waals surface area contributed by atoms with Crippen molar-refractivity contribution in [2.24, 2.45) is 0 Å². The maximum atomic E-state index is 5.22. The molecule has 2 aromatic carbocycles. The Hall–Kier alpha value is -1.80. The van der Waals surface area contributed by atoms with Gasteiger partial charge in [0.15, 0.2) is 0 Å². The van der Waals surface area contributed by atoms with Crippen LogP contribution in [0.5, 0.6) is 5.75 Å². The topological polar surface area (TPSA) is 21.3 Å². The fourth-order valence-electron chi connectivity index (χ4n) is 3.11. The van der Waals surface area contributed by atoms with Crippen LogP contribution < -0.4 is 10.1 Å². The van der Waals surface area contributed by atoms with Crippen molar-refractivity contribution in [3.05, 3.63) is 65.2 Å². The Morgan fingerprint density at radius 2 is 1.90 bits per heavy atom. The number of hydrogen-bond acceptors (Lipinski definition) is 2. The molecule has 0 radical (unpaired) electrons. The highest BCUT2D eigenvalue weighted by Gasteiger charge is 2.28. The summed E-state index contributed by atoms with van der Waals surface area (Å²) in [4.78, 5) is 0. The van der Waals surface area contributed by atoms with Gasteiger partial charge in [-0.15, -0.1) is 0 Å². The summed E-state index contributed by atoms with van der Waals surface area (Å²) in [5, 5.41) is 3.44. The molecule has 0 heterocycles. The fourth-order valence-corrected chi connectivity index (χ4v) is 3.11. The van der Waals surface area contributed by atoms with Crippen LogP contribution in [-0.4, -0.2) is 14.2 Å². The van der Waals surface area contributed by atoms with E-state index in [-0.39, 0.29) is 0 Å². The lowest BCUT2D eigenvalue weighted by Gasteiger charge is -2.33. The zero-order valence-corrected chi connectivity index (χ0v) is 12.1. The van der Waals surface area contributed by atoms with Gasteiger partial charge >= 0.3 is 0 Å². The maximum absolute atomic E-state index is 5.22. The molecular weight excluding hydrogens is 246 g/mol. The Morgan fingerprint density at radius 1 is 1.15 bits per heavy atom. The van der Waals surface area contributed by atoms with Crippen molar-refractivity contribution in [2.75, 3.05) is 14.2 Å². The third kappa shape index (κ3) is 2.44. The van der Waals surface area contributed by atoms with Crippen molar-refractivity contribution in [1.82, 2.24) is 5.32 Å². The number of nitrogens with one attached hydrogen (secondary N) is 1. The molecule has 0 saturated carbocycles. The van der Waals surface area contributed by atoms with E-state index in [2.05, 4.69) is 41.7 Å². The third-order valence-corrected chi connectivity index (χ3v) is 4.35. The summed E-state index contributed by atoms with van der Waals surface area (Å²) in [6, 6.07) is 17.6. The molecule has 104 valence electrons. The summed E-state index contributed by atoms with van der Waals surface area (Å²) in [6.45, 7) is 0. The molecule has 0 aliphatic heterocycles. The van der Waals surface area contributed by atoms with E-state index in [9.17, 15) is 0 Å². The van der Waals surface area contributed by atoms with Crippen LogP contribution in [0.25, 0.3) is 0 Å². The average Bonchev–Trinajstić information content (AvgIpc) is 2.49. The van der Waals surface area contributed by atoms with Crippen molar-refractivity contribution >= 4 is 0 Å². The lowest BCUT2D eigenvalue weighted by atomic mass is 9.74. The Bertz CT molecular complexity index is 576. The number of methoxy groups -OCH3 is 1. The molecule has 0 fully saturated rings.